The van der Waals surface area contributed by atoms with E-state index in [1.807, 2.05) is 11.8 Å². The molecule has 0 saturated carbocycles. The van der Waals surface area contributed by atoms with Crippen LogP contribution in [0.2, 0.25) is 0 Å². The van der Waals surface area contributed by atoms with Crippen molar-refractivity contribution in [3.8, 4) is 0 Å². The summed E-state index contributed by atoms with van der Waals surface area (Å²) < 4.78 is 11.4. The van der Waals surface area contributed by atoms with E-state index in [1.54, 1.807) is 0 Å². The van der Waals surface area contributed by atoms with Gasteiger partial charge in [-0.05, 0) is 13.0 Å². The molecule has 2 rings (SSSR count). The van der Waals surface area contributed by atoms with E-state index in [9.17, 15) is 4.79 Å². The van der Waals surface area contributed by atoms with Crippen LogP contribution in [0, 0.1) is 0 Å². The van der Waals surface area contributed by atoms with Crippen molar-refractivity contribution in [3.05, 3.63) is 12.7 Å². The van der Waals surface area contributed by atoms with E-state index >= 15 is 0 Å². The minimum absolute atomic E-state index is 0.000942. The average Bonchev–Trinajstić information content (AvgIpc) is 2.28. The minimum atomic E-state index is -0.186. The third kappa shape index (κ3) is 2.28. The second-order valence-electron chi connectivity index (χ2n) is 4.65. The Morgan fingerprint density at radius 2 is 2.19 bits per heavy atom. The highest BCUT2D eigenvalue weighted by atomic mass is 16.5. The SMILES string of the molecule is C=CC(=O)N1CC(C)OC2(CCOCC2)C1. The summed E-state index contributed by atoms with van der Waals surface area (Å²) in [7, 11) is 0. The number of carbonyl (C=O) groups excluding carboxylic acids is 1. The van der Waals surface area contributed by atoms with Crippen molar-refractivity contribution < 1.29 is 14.3 Å². The van der Waals surface area contributed by atoms with Crippen molar-refractivity contribution in [1.82, 2.24) is 4.90 Å². The van der Waals surface area contributed by atoms with Crippen molar-refractivity contribution in [2.24, 2.45) is 0 Å². The van der Waals surface area contributed by atoms with Gasteiger partial charge in [0.05, 0.1) is 18.2 Å². The molecule has 2 fully saturated rings. The van der Waals surface area contributed by atoms with Crippen molar-refractivity contribution in [1.29, 1.82) is 0 Å². The Hall–Kier alpha value is -0.870. The maximum Gasteiger partial charge on any atom is 0.246 e. The molecular weight excluding hydrogens is 206 g/mol. The highest BCUT2D eigenvalue weighted by Gasteiger charge is 2.41. The zero-order valence-electron chi connectivity index (χ0n) is 9.78. The molecule has 0 aromatic heterocycles. The third-order valence-electron chi connectivity index (χ3n) is 3.30. The predicted molar refractivity (Wildman–Crippen MR) is 60.1 cm³/mol. The summed E-state index contributed by atoms with van der Waals surface area (Å²) in [5.74, 6) is 0.000942. The van der Waals surface area contributed by atoms with Crippen LogP contribution in [0.25, 0.3) is 0 Å². The van der Waals surface area contributed by atoms with Gasteiger partial charge in [-0.3, -0.25) is 4.79 Å². The molecular formula is C12H19NO3. The second-order valence-corrected chi connectivity index (χ2v) is 4.65. The van der Waals surface area contributed by atoms with Crippen molar-refractivity contribution in [2.75, 3.05) is 26.3 Å². The van der Waals surface area contributed by atoms with E-state index < -0.39 is 0 Å². The molecule has 1 amide bonds. The molecule has 2 aliphatic heterocycles. The summed E-state index contributed by atoms with van der Waals surface area (Å²) in [6, 6.07) is 0. The first-order valence-corrected chi connectivity index (χ1v) is 5.82. The molecule has 0 aliphatic carbocycles. The normalized spacial score (nSPS) is 29.1. The van der Waals surface area contributed by atoms with Crippen LogP contribution in [0.5, 0.6) is 0 Å². The van der Waals surface area contributed by atoms with E-state index in [-0.39, 0.29) is 17.6 Å². The van der Waals surface area contributed by atoms with Gasteiger partial charge in [0.25, 0.3) is 0 Å². The fourth-order valence-corrected chi connectivity index (χ4v) is 2.54. The molecule has 1 spiro atoms. The summed E-state index contributed by atoms with van der Waals surface area (Å²) in [6.07, 6.45) is 3.22. The van der Waals surface area contributed by atoms with Gasteiger partial charge < -0.3 is 14.4 Å². The summed E-state index contributed by atoms with van der Waals surface area (Å²) in [4.78, 5) is 13.5. The Morgan fingerprint density at radius 1 is 1.50 bits per heavy atom. The van der Waals surface area contributed by atoms with Crippen LogP contribution in [-0.2, 0) is 14.3 Å². The monoisotopic (exact) mass is 225 g/mol. The first-order valence-electron chi connectivity index (χ1n) is 5.82. The quantitative estimate of drug-likeness (QED) is 0.624. The van der Waals surface area contributed by atoms with Gasteiger partial charge in [0, 0.05) is 32.6 Å². The molecule has 0 radical (unpaired) electrons. The number of morpholine rings is 1. The Morgan fingerprint density at radius 3 is 2.81 bits per heavy atom. The third-order valence-corrected chi connectivity index (χ3v) is 3.30. The van der Waals surface area contributed by atoms with Gasteiger partial charge in [-0.25, -0.2) is 0 Å². The van der Waals surface area contributed by atoms with Crippen LogP contribution >= 0.6 is 0 Å². The number of hydrogen-bond donors (Lipinski definition) is 0. The molecule has 0 aromatic carbocycles. The van der Waals surface area contributed by atoms with Gasteiger partial charge in [-0.1, -0.05) is 6.58 Å². The topological polar surface area (TPSA) is 38.8 Å². The van der Waals surface area contributed by atoms with E-state index in [1.165, 1.54) is 6.08 Å². The fourth-order valence-electron chi connectivity index (χ4n) is 2.54. The summed E-state index contributed by atoms with van der Waals surface area (Å²) >= 11 is 0. The molecule has 1 atom stereocenters. The predicted octanol–water partition coefficient (Wildman–Crippen LogP) is 0.969. The van der Waals surface area contributed by atoms with Crippen molar-refractivity contribution >= 4 is 5.91 Å². The molecule has 4 heteroatoms. The Kier molecular flexibility index (Phi) is 3.30. The molecule has 0 N–H and O–H groups in total. The van der Waals surface area contributed by atoms with Crippen molar-refractivity contribution in [3.63, 3.8) is 0 Å². The summed E-state index contributed by atoms with van der Waals surface area (Å²) in [6.45, 7) is 8.33. The van der Waals surface area contributed by atoms with E-state index in [2.05, 4.69) is 6.58 Å². The van der Waals surface area contributed by atoms with E-state index in [4.69, 9.17) is 9.47 Å². The van der Waals surface area contributed by atoms with E-state index in [0.29, 0.717) is 13.1 Å². The average molecular weight is 225 g/mol. The summed E-state index contributed by atoms with van der Waals surface area (Å²) in [5, 5.41) is 0. The largest absolute Gasteiger partial charge is 0.381 e. The summed E-state index contributed by atoms with van der Waals surface area (Å²) in [5.41, 5.74) is -0.186. The van der Waals surface area contributed by atoms with Gasteiger partial charge >= 0.3 is 0 Å². The maximum atomic E-state index is 11.7. The van der Waals surface area contributed by atoms with Gasteiger partial charge in [0.15, 0.2) is 0 Å². The van der Waals surface area contributed by atoms with E-state index in [0.717, 1.165) is 26.1 Å². The van der Waals surface area contributed by atoms with Gasteiger partial charge in [-0.15, -0.1) is 0 Å². The number of hydrogen-bond acceptors (Lipinski definition) is 3. The first-order chi connectivity index (χ1) is 7.65. The molecule has 0 bridgehead atoms. The fraction of sp³-hybridized carbons (Fsp3) is 0.750. The van der Waals surface area contributed by atoms with Crippen LogP contribution in [-0.4, -0.2) is 48.8 Å². The highest BCUT2D eigenvalue weighted by molar-refractivity contribution is 5.87. The zero-order chi connectivity index (χ0) is 11.6. The molecule has 2 saturated heterocycles. The second kappa shape index (κ2) is 4.55. The zero-order valence-corrected chi connectivity index (χ0v) is 9.78. The lowest BCUT2D eigenvalue weighted by atomic mass is 9.91. The standard InChI is InChI=1S/C12H19NO3/c1-3-11(14)13-8-10(2)16-12(9-13)4-6-15-7-5-12/h3,10H,1,4-9H2,2H3. The number of carbonyl (C=O) groups is 1. The van der Waals surface area contributed by atoms with Gasteiger partial charge in [0.2, 0.25) is 5.91 Å². The highest BCUT2D eigenvalue weighted by Crippen LogP contribution is 2.31. The maximum absolute atomic E-state index is 11.7. The lowest BCUT2D eigenvalue weighted by molar-refractivity contribution is -0.187. The molecule has 4 nitrogen and oxygen atoms in total. The molecule has 90 valence electrons. The van der Waals surface area contributed by atoms with Crippen LogP contribution < -0.4 is 0 Å². The van der Waals surface area contributed by atoms with Crippen molar-refractivity contribution in [2.45, 2.75) is 31.5 Å². The minimum Gasteiger partial charge on any atom is -0.381 e. The molecule has 1 unspecified atom stereocenters. The lowest BCUT2D eigenvalue weighted by Gasteiger charge is -2.47. The van der Waals surface area contributed by atoms with Gasteiger partial charge in [-0.2, -0.15) is 0 Å². The smallest absolute Gasteiger partial charge is 0.246 e. The van der Waals surface area contributed by atoms with Gasteiger partial charge in [0.1, 0.15) is 0 Å². The molecule has 0 aromatic rings. The Bertz CT molecular complexity index is 284. The number of nitrogens with zero attached hydrogens (tertiary/aromatic N) is 1. The number of rotatable bonds is 1. The molecule has 2 aliphatic rings. The molecule has 2 heterocycles. The molecule has 16 heavy (non-hydrogen) atoms. The lowest BCUT2D eigenvalue weighted by Crippen LogP contribution is -2.58. The Labute approximate surface area is 96.2 Å². The number of amides is 1. The Balaban J connectivity index is 2.09. The van der Waals surface area contributed by atoms with Crippen LogP contribution in [0.3, 0.4) is 0 Å². The van der Waals surface area contributed by atoms with Crippen LogP contribution in [0.4, 0.5) is 0 Å². The van der Waals surface area contributed by atoms with Crippen LogP contribution in [0.15, 0.2) is 12.7 Å². The van der Waals surface area contributed by atoms with Crippen LogP contribution in [0.1, 0.15) is 19.8 Å². The number of ether oxygens (including phenoxy) is 2. The first kappa shape index (κ1) is 11.6.